The molecule has 0 fully saturated rings. The van der Waals surface area contributed by atoms with Gasteiger partial charge in [-0.15, -0.1) is 5.54 Å². The Hall–Kier alpha value is -1.73. The SMILES string of the molecule is CCCC/C=C(\C#C[Si](C)(C)C)c1cc(C(=O)OCC)c(C)o1. The van der Waals surface area contributed by atoms with Crippen LogP contribution in [0.2, 0.25) is 19.6 Å². The Morgan fingerprint density at radius 1 is 1.35 bits per heavy atom. The summed E-state index contributed by atoms with van der Waals surface area (Å²) in [5.41, 5.74) is 4.73. The van der Waals surface area contributed by atoms with Crippen molar-refractivity contribution < 1.29 is 13.9 Å². The number of hydrogen-bond acceptors (Lipinski definition) is 3. The standard InChI is InChI=1S/C19H28O3Si/c1-7-9-10-11-16(12-13-23(4,5)6)18-14-17(15(3)22-18)19(20)21-8-2/h11,14H,7-10H2,1-6H3/b16-11+. The van der Waals surface area contributed by atoms with Crippen LogP contribution in [0.25, 0.3) is 5.57 Å². The van der Waals surface area contributed by atoms with E-state index < -0.39 is 8.07 Å². The Balaban J connectivity index is 3.16. The second kappa shape index (κ2) is 8.78. The van der Waals surface area contributed by atoms with Crippen molar-refractivity contribution in [2.75, 3.05) is 6.61 Å². The molecule has 0 spiro atoms. The molecule has 1 rings (SSSR count). The van der Waals surface area contributed by atoms with E-state index in [2.05, 4.69) is 44.1 Å². The van der Waals surface area contributed by atoms with Crippen LogP contribution in [0.1, 0.15) is 55.0 Å². The van der Waals surface area contributed by atoms with Crippen molar-refractivity contribution in [1.82, 2.24) is 0 Å². The Labute approximate surface area is 141 Å². The summed E-state index contributed by atoms with van der Waals surface area (Å²) in [6.45, 7) is 12.7. The molecule has 1 heterocycles. The largest absolute Gasteiger partial charge is 0.462 e. The van der Waals surface area contributed by atoms with Crippen molar-refractivity contribution in [2.45, 2.75) is 59.7 Å². The monoisotopic (exact) mass is 332 g/mol. The number of hydrogen-bond donors (Lipinski definition) is 0. The highest BCUT2D eigenvalue weighted by atomic mass is 28.3. The zero-order valence-corrected chi connectivity index (χ0v) is 16.2. The summed E-state index contributed by atoms with van der Waals surface area (Å²) in [4.78, 5) is 11.9. The fourth-order valence-corrected chi connectivity index (χ4v) is 2.45. The van der Waals surface area contributed by atoms with Gasteiger partial charge in [-0.25, -0.2) is 4.79 Å². The van der Waals surface area contributed by atoms with Gasteiger partial charge in [-0.1, -0.05) is 51.4 Å². The summed E-state index contributed by atoms with van der Waals surface area (Å²) >= 11 is 0. The quantitative estimate of drug-likeness (QED) is 0.310. The summed E-state index contributed by atoms with van der Waals surface area (Å²) in [7, 11) is -1.48. The van der Waals surface area contributed by atoms with E-state index in [4.69, 9.17) is 9.15 Å². The average Bonchev–Trinajstić information content (AvgIpc) is 2.84. The molecule has 0 bridgehead atoms. The molecule has 0 atom stereocenters. The van der Waals surface area contributed by atoms with Crippen molar-refractivity contribution in [3.63, 3.8) is 0 Å². The Morgan fingerprint density at radius 2 is 2.04 bits per heavy atom. The normalized spacial score (nSPS) is 11.8. The lowest BCUT2D eigenvalue weighted by Gasteiger charge is -2.04. The first-order valence-corrected chi connectivity index (χ1v) is 11.8. The van der Waals surface area contributed by atoms with Crippen LogP contribution in [0.15, 0.2) is 16.6 Å². The van der Waals surface area contributed by atoms with E-state index in [-0.39, 0.29) is 5.97 Å². The van der Waals surface area contributed by atoms with Gasteiger partial charge in [0.25, 0.3) is 0 Å². The first-order chi connectivity index (χ1) is 10.8. The van der Waals surface area contributed by atoms with Crippen molar-refractivity contribution in [1.29, 1.82) is 0 Å². The highest BCUT2D eigenvalue weighted by Gasteiger charge is 2.18. The lowest BCUT2D eigenvalue weighted by Crippen LogP contribution is -2.16. The van der Waals surface area contributed by atoms with Crippen molar-refractivity contribution >= 4 is 19.6 Å². The maximum atomic E-state index is 11.9. The van der Waals surface area contributed by atoms with E-state index in [1.54, 1.807) is 19.9 Å². The molecule has 0 amide bonds. The van der Waals surface area contributed by atoms with Gasteiger partial charge in [-0.2, -0.15) is 0 Å². The van der Waals surface area contributed by atoms with Crippen LogP contribution in [0.5, 0.6) is 0 Å². The molecule has 1 aromatic rings. The first kappa shape index (κ1) is 19.3. The lowest BCUT2D eigenvalue weighted by molar-refractivity contribution is 0.0524. The zero-order valence-electron chi connectivity index (χ0n) is 15.2. The number of carbonyl (C=O) groups is 1. The molecule has 3 nitrogen and oxygen atoms in total. The first-order valence-electron chi connectivity index (χ1n) is 8.29. The predicted molar refractivity (Wildman–Crippen MR) is 98.0 cm³/mol. The van der Waals surface area contributed by atoms with E-state index in [9.17, 15) is 4.79 Å². The van der Waals surface area contributed by atoms with E-state index >= 15 is 0 Å². The van der Waals surface area contributed by atoms with E-state index in [1.165, 1.54) is 0 Å². The number of aryl methyl sites for hydroxylation is 1. The minimum absolute atomic E-state index is 0.342. The van der Waals surface area contributed by atoms with Crippen LogP contribution in [0, 0.1) is 18.4 Å². The molecule has 4 heteroatoms. The lowest BCUT2D eigenvalue weighted by atomic mass is 10.1. The van der Waals surface area contributed by atoms with E-state index in [0.29, 0.717) is 23.7 Å². The minimum atomic E-state index is -1.48. The molecule has 23 heavy (non-hydrogen) atoms. The second-order valence-electron chi connectivity index (χ2n) is 6.56. The van der Waals surface area contributed by atoms with Gasteiger partial charge in [0.15, 0.2) is 0 Å². The number of ether oxygens (including phenoxy) is 1. The molecule has 0 aliphatic heterocycles. The molecule has 0 unspecified atom stereocenters. The molecule has 0 saturated carbocycles. The van der Waals surface area contributed by atoms with E-state index in [1.807, 2.05) is 0 Å². The van der Waals surface area contributed by atoms with Crippen molar-refractivity contribution in [3.8, 4) is 11.5 Å². The fourth-order valence-electron chi connectivity index (χ4n) is 1.94. The van der Waals surface area contributed by atoms with Crippen molar-refractivity contribution in [2.24, 2.45) is 0 Å². The number of rotatable bonds is 6. The molecule has 0 aliphatic rings. The third-order valence-corrected chi connectivity index (χ3v) is 4.03. The van der Waals surface area contributed by atoms with Gasteiger partial charge in [-0.05, 0) is 26.3 Å². The molecular weight excluding hydrogens is 304 g/mol. The van der Waals surface area contributed by atoms with Gasteiger partial charge >= 0.3 is 5.97 Å². The molecule has 0 aliphatic carbocycles. The van der Waals surface area contributed by atoms with Crippen LogP contribution < -0.4 is 0 Å². The Bertz CT molecular complexity index is 621. The topological polar surface area (TPSA) is 39.4 Å². The van der Waals surface area contributed by atoms with Gasteiger partial charge in [0, 0.05) is 0 Å². The van der Waals surface area contributed by atoms with Crippen molar-refractivity contribution in [3.05, 3.63) is 29.2 Å². The number of furan rings is 1. The third-order valence-electron chi connectivity index (χ3n) is 3.16. The average molecular weight is 333 g/mol. The number of esters is 1. The number of carbonyl (C=O) groups excluding carboxylic acids is 1. The van der Waals surface area contributed by atoms with Crippen LogP contribution in [-0.4, -0.2) is 20.7 Å². The summed E-state index contributed by atoms with van der Waals surface area (Å²) in [5.74, 6) is 4.17. The predicted octanol–water partition coefficient (Wildman–Crippen LogP) is 5.22. The van der Waals surface area contributed by atoms with Crippen LogP contribution >= 0.6 is 0 Å². The summed E-state index contributed by atoms with van der Waals surface area (Å²) < 4.78 is 10.9. The molecule has 0 radical (unpaired) electrons. The van der Waals surface area contributed by atoms with Crippen LogP contribution in [-0.2, 0) is 4.74 Å². The molecule has 1 aromatic heterocycles. The summed E-state index contributed by atoms with van der Waals surface area (Å²) in [6.07, 6.45) is 5.32. The summed E-state index contributed by atoms with van der Waals surface area (Å²) in [5, 5.41) is 0. The molecule has 0 N–H and O–H groups in total. The summed E-state index contributed by atoms with van der Waals surface area (Å²) in [6, 6.07) is 1.75. The number of allylic oxidation sites excluding steroid dienone is 2. The fraction of sp³-hybridized carbons (Fsp3) is 0.526. The minimum Gasteiger partial charge on any atom is -0.462 e. The Morgan fingerprint density at radius 3 is 2.61 bits per heavy atom. The van der Waals surface area contributed by atoms with Gasteiger partial charge in [0.05, 0.1) is 12.2 Å². The van der Waals surface area contributed by atoms with Gasteiger partial charge in [0.1, 0.15) is 25.2 Å². The van der Waals surface area contributed by atoms with Gasteiger partial charge in [0.2, 0.25) is 0 Å². The maximum absolute atomic E-state index is 11.9. The zero-order chi connectivity index (χ0) is 17.5. The number of unbranched alkanes of at least 4 members (excludes halogenated alkanes) is 2. The highest BCUT2D eigenvalue weighted by molar-refractivity contribution is 6.84. The molecule has 0 saturated heterocycles. The Kier molecular flexibility index (Phi) is 7.38. The third kappa shape index (κ3) is 6.50. The maximum Gasteiger partial charge on any atom is 0.341 e. The van der Waals surface area contributed by atoms with Gasteiger partial charge < -0.3 is 9.15 Å². The van der Waals surface area contributed by atoms with E-state index in [0.717, 1.165) is 24.8 Å². The highest BCUT2D eigenvalue weighted by Crippen LogP contribution is 2.23. The van der Waals surface area contributed by atoms with Crippen LogP contribution in [0.4, 0.5) is 0 Å². The second-order valence-corrected chi connectivity index (χ2v) is 11.3. The molecular formula is C19H28O3Si. The van der Waals surface area contributed by atoms with Crippen LogP contribution in [0.3, 0.4) is 0 Å². The molecule has 126 valence electrons. The smallest absolute Gasteiger partial charge is 0.341 e. The van der Waals surface area contributed by atoms with Gasteiger partial charge in [-0.3, -0.25) is 0 Å². The molecule has 0 aromatic carbocycles.